The van der Waals surface area contributed by atoms with Crippen LogP contribution in [0.1, 0.15) is 0 Å². The predicted molar refractivity (Wildman–Crippen MR) is 256 cm³/mol. The highest BCUT2D eigenvalue weighted by Gasteiger charge is 2.18. The SMILES string of the molecule is c1ccc(-c2ccc(-n3c4ccccc4c4ccc(-c5ccc6c7ccccc7n(-c7cccc(-c8nc(-c9ccccc9)nc(-c9ccccc9)n8)c7)c6c5)cc43)cc2)cc1. The van der Waals surface area contributed by atoms with E-state index >= 15 is 0 Å². The molecule has 0 atom stereocenters. The fourth-order valence-electron chi connectivity index (χ4n) is 9.01. The van der Waals surface area contributed by atoms with Crippen molar-refractivity contribution in [3.8, 4) is 67.8 Å². The third-order valence-electron chi connectivity index (χ3n) is 12.0. The van der Waals surface area contributed by atoms with Crippen LogP contribution in [0.5, 0.6) is 0 Å². The van der Waals surface area contributed by atoms with Crippen molar-refractivity contribution in [2.45, 2.75) is 0 Å². The van der Waals surface area contributed by atoms with Crippen LogP contribution in [0, 0.1) is 0 Å². The van der Waals surface area contributed by atoms with Crippen LogP contribution in [0.3, 0.4) is 0 Å². The molecule has 9 aromatic carbocycles. The highest BCUT2D eigenvalue weighted by Crippen LogP contribution is 2.39. The number of hydrogen-bond acceptors (Lipinski definition) is 3. The monoisotopic (exact) mass is 791 g/mol. The van der Waals surface area contributed by atoms with E-state index in [0.29, 0.717) is 17.5 Å². The van der Waals surface area contributed by atoms with Crippen molar-refractivity contribution in [2.75, 3.05) is 0 Å². The summed E-state index contributed by atoms with van der Waals surface area (Å²) in [6.07, 6.45) is 0. The van der Waals surface area contributed by atoms with Gasteiger partial charge in [-0.2, -0.15) is 0 Å². The molecular formula is C57H37N5. The minimum Gasteiger partial charge on any atom is -0.309 e. The van der Waals surface area contributed by atoms with E-state index in [2.05, 4.69) is 173 Å². The van der Waals surface area contributed by atoms with Gasteiger partial charge < -0.3 is 9.13 Å². The number of benzene rings is 9. The quantitative estimate of drug-likeness (QED) is 0.162. The predicted octanol–water partition coefficient (Wildman–Crippen LogP) is 14.4. The molecule has 0 aliphatic heterocycles. The number of aromatic nitrogens is 5. The van der Waals surface area contributed by atoms with E-state index in [0.717, 1.165) is 50.2 Å². The van der Waals surface area contributed by atoms with Crippen molar-refractivity contribution in [1.29, 1.82) is 0 Å². The van der Waals surface area contributed by atoms with Crippen molar-refractivity contribution in [3.63, 3.8) is 0 Å². The van der Waals surface area contributed by atoms with Gasteiger partial charge in [-0.15, -0.1) is 0 Å². The van der Waals surface area contributed by atoms with Crippen LogP contribution in [0.25, 0.3) is 111 Å². The van der Waals surface area contributed by atoms with Crippen LogP contribution in [-0.4, -0.2) is 24.1 Å². The summed E-state index contributed by atoms with van der Waals surface area (Å²) in [4.78, 5) is 15.0. The van der Waals surface area contributed by atoms with E-state index in [1.807, 2.05) is 60.7 Å². The number of rotatable bonds is 7. The topological polar surface area (TPSA) is 48.5 Å². The van der Waals surface area contributed by atoms with Gasteiger partial charge in [0.1, 0.15) is 0 Å². The maximum atomic E-state index is 5.05. The normalized spacial score (nSPS) is 11.5. The summed E-state index contributed by atoms with van der Waals surface area (Å²) >= 11 is 0. The largest absolute Gasteiger partial charge is 0.309 e. The van der Waals surface area contributed by atoms with Gasteiger partial charge in [0.2, 0.25) is 0 Å². The summed E-state index contributed by atoms with van der Waals surface area (Å²) in [7, 11) is 0. The second-order valence-electron chi connectivity index (χ2n) is 15.7. The highest BCUT2D eigenvalue weighted by atomic mass is 15.0. The maximum Gasteiger partial charge on any atom is 0.164 e. The average Bonchev–Trinajstić information content (AvgIpc) is 3.87. The summed E-state index contributed by atoms with van der Waals surface area (Å²) in [5, 5.41) is 4.86. The first-order valence-electron chi connectivity index (χ1n) is 20.9. The Hall–Kier alpha value is -8.41. The van der Waals surface area contributed by atoms with E-state index in [9.17, 15) is 0 Å². The zero-order valence-corrected chi connectivity index (χ0v) is 33.6. The Kier molecular flexibility index (Phi) is 8.42. The Morgan fingerprint density at radius 3 is 1.15 bits per heavy atom. The molecule has 3 heterocycles. The Labute approximate surface area is 358 Å². The Bertz CT molecular complexity index is 3550. The van der Waals surface area contributed by atoms with Gasteiger partial charge in [-0.25, -0.2) is 15.0 Å². The van der Waals surface area contributed by atoms with Crippen molar-refractivity contribution < 1.29 is 0 Å². The van der Waals surface area contributed by atoms with Gasteiger partial charge in [0.05, 0.1) is 22.1 Å². The van der Waals surface area contributed by atoms with Crippen LogP contribution in [0.2, 0.25) is 0 Å². The molecule has 0 amide bonds. The lowest BCUT2D eigenvalue weighted by molar-refractivity contribution is 1.07. The van der Waals surface area contributed by atoms with Crippen LogP contribution in [0.4, 0.5) is 0 Å². The first kappa shape index (κ1) is 35.5. The van der Waals surface area contributed by atoms with Crippen molar-refractivity contribution >= 4 is 43.6 Å². The molecule has 0 aliphatic carbocycles. The van der Waals surface area contributed by atoms with Gasteiger partial charge in [-0.05, 0) is 70.8 Å². The highest BCUT2D eigenvalue weighted by molar-refractivity contribution is 6.12. The van der Waals surface area contributed by atoms with Crippen LogP contribution in [0.15, 0.2) is 224 Å². The Morgan fingerprint density at radius 2 is 0.613 bits per heavy atom. The molecule has 12 aromatic rings. The van der Waals surface area contributed by atoms with Gasteiger partial charge in [-0.3, -0.25) is 0 Å². The lowest BCUT2D eigenvalue weighted by Crippen LogP contribution is -2.01. The molecule has 62 heavy (non-hydrogen) atoms. The van der Waals surface area contributed by atoms with Crippen molar-refractivity contribution in [3.05, 3.63) is 224 Å². The van der Waals surface area contributed by atoms with E-state index in [1.54, 1.807) is 0 Å². The standard InChI is InChI=1S/C57H37N5/c1-4-15-38(16-5-1)39-27-31-45(32-28-39)61-51-25-12-10-23-47(51)49-33-29-42(36-53(49)61)43-30-34-50-48-24-11-13-26-52(48)62(54(50)37-43)46-22-14-21-44(35-46)57-59-55(40-17-6-2-7-18-40)58-56(60-57)41-19-8-3-9-20-41/h1-37H. The molecule has 0 aliphatic rings. The summed E-state index contributed by atoms with van der Waals surface area (Å²) in [5.41, 5.74) is 14.3. The number of fused-ring (bicyclic) bond motifs is 6. The molecule has 0 fully saturated rings. The Balaban J connectivity index is 1.00. The van der Waals surface area contributed by atoms with Crippen LogP contribution in [-0.2, 0) is 0 Å². The lowest BCUT2D eigenvalue weighted by Gasteiger charge is -2.12. The second-order valence-corrected chi connectivity index (χ2v) is 15.7. The van der Waals surface area contributed by atoms with E-state index in [1.165, 1.54) is 43.7 Å². The smallest absolute Gasteiger partial charge is 0.164 e. The third-order valence-corrected chi connectivity index (χ3v) is 12.0. The molecule has 5 heteroatoms. The summed E-state index contributed by atoms with van der Waals surface area (Å²) < 4.78 is 4.77. The number of nitrogens with zero attached hydrogens (tertiary/aromatic N) is 5. The molecule has 0 saturated carbocycles. The first-order chi connectivity index (χ1) is 30.7. The minimum absolute atomic E-state index is 0.624. The molecule has 0 unspecified atom stereocenters. The van der Waals surface area contributed by atoms with E-state index in [-0.39, 0.29) is 0 Å². The first-order valence-corrected chi connectivity index (χ1v) is 20.9. The summed E-state index contributed by atoms with van der Waals surface area (Å²) in [6, 6.07) is 79.4. The van der Waals surface area contributed by atoms with Gasteiger partial charge >= 0.3 is 0 Å². The zero-order chi connectivity index (χ0) is 41.0. The molecule has 290 valence electrons. The second kappa shape index (κ2) is 14.7. The Morgan fingerprint density at radius 1 is 0.226 bits per heavy atom. The van der Waals surface area contributed by atoms with E-state index in [4.69, 9.17) is 15.0 Å². The minimum atomic E-state index is 0.624. The number of para-hydroxylation sites is 2. The molecular weight excluding hydrogens is 755 g/mol. The molecule has 0 radical (unpaired) electrons. The lowest BCUT2D eigenvalue weighted by atomic mass is 10.0. The summed E-state index contributed by atoms with van der Waals surface area (Å²) in [6.45, 7) is 0. The van der Waals surface area contributed by atoms with Crippen molar-refractivity contribution in [1.82, 2.24) is 24.1 Å². The number of hydrogen-bond donors (Lipinski definition) is 0. The molecule has 0 spiro atoms. The molecule has 3 aromatic heterocycles. The fourth-order valence-corrected chi connectivity index (χ4v) is 9.01. The fraction of sp³-hybridized carbons (Fsp3) is 0. The third kappa shape index (κ3) is 6.06. The molecule has 0 bridgehead atoms. The van der Waals surface area contributed by atoms with Gasteiger partial charge in [-0.1, -0.05) is 176 Å². The molecule has 0 saturated heterocycles. The van der Waals surface area contributed by atoms with Gasteiger partial charge in [0.25, 0.3) is 0 Å². The zero-order valence-electron chi connectivity index (χ0n) is 33.6. The van der Waals surface area contributed by atoms with Crippen LogP contribution < -0.4 is 0 Å². The molecule has 5 nitrogen and oxygen atoms in total. The van der Waals surface area contributed by atoms with Gasteiger partial charge in [0, 0.05) is 49.6 Å². The van der Waals surface area contributed by atoms with Crippen LogP contribution >= 0.6 is 0 Å². The maximum absolute atomic E-state index is 5.05. The summed E-state index contributed by atoms with van der Waals surface area (Å²) in [5.74, 6) is 1.91. The van der Waals surface area contributed by atoms with Gasteiger partial charge in [0.15, 0.2) is 17.5 Å². The van der Waals surface area contributed by atoms with E-state index < -0.39 is 0 Å². The average molecular weight is 792 g/mol. The van der Waals surface area contributed by atoms with Crippen molar-refractivity contribution in [2.24, 2.45) is 0 Å². The molecule has 0 N–H and O–H groups in total. The molecule has 12 rings (SSSR count).